The van der Waals surface area contributed by atoms with Crippen molar-refractivity contribution in [1.82, 2.24) is 19.9 Å². The zero-order valence-corrected chi connectivity index (χ0v) is 10.9. The predicted octanol–water partition coefficient (Wildman–Crippen LogP) is 1.10. The van der Waals surface area contributed by atoms with Crippen molar-refractivity contribution in [3.8, 4) is 0 Å². The minimum absolute atomic E-state index is 0.0661. The Hall–Kier alpha value is -2.21. The summed E-state index contributed by atoms with van der Waals surface area (Å²) in [5.74, 6) is -0.387. The Morgan fingerprint density at radius 2 is 2.25 bits per heavy atom. The van der Waals surface area contributed by atoms with Crippen LogP contribution in [0, 0.1) is 5.92 Å². The molecule has 2 aromatic rings. The van der Waals surface area contributed by atoms with Gasteiger partial charge in [-0.3, -0.25) is 14.7 Å². The van der Waals surface area contributed by atoms with E-state index in [1.165, 1.54) is 0 Å². The summed E-state index contributed by atoms with van der Waals surface area (Å²) in [6.45, 7) is 1.85. The largest absolute Gasteiger partial charge is 0.481 e. The molecule has 2 aromatic heterocycles. The summed E-state index contributed by atoms with van der Waals surface area (Å²) in [5, 5.41) is 9.41. The van der Waals surface area contributed by atoms with Crippen molar-refractivity contribution < 1.29 is 9.90 Å². The molecule has 6 heteroatoms. The highest BCUT2D eigenvalue weighted by molar-refractivity contribution is 5.72. The fourth-order valence-electron chi connectivity index (χ4n) is 2.76. The van der Waals surface area contributed by atoms with Crippen LogP contribution >= 0.6 is 0 Å². The van der Waals surface area contributed by atoms with Crippen molar-refractivity contribution in [2.75, 3.05) is 13.1 Å². The first kappa shape index (κ1) is 12.8. The summed E-state index contributed by atoms with van der Waals surface area (Å²) in [6, 6.07) is 5.64. The highest BCUT2D eigenvalue weighted by Gasteiger charge is 2.39. The van der Waals surface area contributed by atoms with Crippen LogP contribution in [0.5, 0.6) is 0 Å². The lowest BCUT2D eigenvalue weighted by atomic mass is 9.93. The molecule has 0 aromatic carbocycles. The third-order valence-electron chi connectivity index (χ3n) is 3.71. The van der Waals surface area contributed by atoms with Crippen molar-refractivity contribution >= 4 is 5.97 Å². The van der Waals surface area contributed by atoms with Crippen molar-refractivity contribution in [3.63, 3.8) is 0 Å². The topological polar surface area (TPSA) is 82.1 Å². The number of hydrogen-bond donors (Lipinski definition) is 2. The number of pyridine rings is 1. The maximum absolute atomic E-state index is 11.5. The summed E-state index contributed by atoms with van der Waals surface area (Å²) in [4.78, 5) is 25.1. The maximum Gasteiger partial charge on any atom is 0.308 e. The summed E-state index contributed by atoms with van der Waals surface area (Å²) in [5.41, 5.74) is 0.849. The quantitative estimate of drug-likeness (QED) is 0.871. The van der Waals surface area contributed by atoms with Crippen molar-refractivity contribution in [3.05, 3.63) is 48.3 Å². The van der Waals surface area contributed by atoms with Crippen molar-refractivity contribution in [2.45, 2.75) is 12.5 Å². The SMILES string of the molecule is O=C(O)C1CN(Cc2ncc[nH]2)CC1c1ccccn1. The number of aromatic amines is 1. The van der Waals surface area contributed by atoms with Crippen LogP contribution in [-0.4, -0.2) is 44.0 Å². The fraction of sp³-hybridized carbons (Fsp3) is 0.357. The van der Waals surface area contributed by atoms with Gasteiger partial charge < -0.3 is 10.1 Å². The maximum atomic E-state index is 11.5. The van der Waals surface area contributed by atoms with E-state index < -0.39 is 11.9 Å². The van der Waals surface area contributed by atoms with E-state index in [1.54, 1.807) is 18.6 Å². The molecule has 104 valence electrons. The standard InChI is InChI=1S/C14H16N4O2/c19-14(20)11-8-18(9-13-16-5-6-17-13)7-10(11)12-3-1-2-4-15-12/h1-6,10-11H,7-9H2,(H,16,17)(H,19,20). The van der Waals surface area contributed by atoms with E-state index in [-0.39, 0.29) is 5.92 Å². The van der Waals surface area contributed by atoms with Crippen LogP contribution < -0.4 is 0 Å². The van der Waals surface area contributed by atoms with Gasteiger partial charge >= 0.3 is 5.97 Å². The van der Waals surface area contributed by atoms with Crippen molar-refractivity contribution in [1.29, 1.82) is 0 Å². The second-order valence-electron chi connectivity index (χ2n) is 5.04. The Labute approximate surface area is 116 Å². The number of hydrogen-bond acceptors (Lipinski definition) is 4. The Balaban J connectivity index is 1.77. The molecule has 0 saturated carbocycles. The van der Waals surface area contributed by atoms with E-state index in [0.717, 1.165) is 11.5 Å². The van der Waals surface area contributed by atoms with Gasteiger partial charge in [0, 0.05) is 43.3 Å². The molecule has 2 unspecified atom stereocenters. The van der Waals surface area contributed by atoms with Gasteiger partial charge in [0.05, 0.1) is 12.5 Å². The lowest BCUT2D eigenvalue weighted by Gasteiger charge is -2.14. The molecule has 3 rings (SSSR count). The van der Waals surface area contributed by atoms with Gasteiger partial charge in [0.25, 0.3) is 0 Å². The van der Waals surface area contributed by atoms with Crippen LogP contribution in [0.4, 0.5) is 0 Å². The molecular weight excluding hydrogens is 256 g/mol. The van der Waals surface area contributed by atoms with Crippen LogP contribution in [0.1, 0.15) is 17.4 Å². The van der Waals surface area contributed by atoms with Gasteiger partial charge in [-0.1, -0.05) is 6.07 Å². The van der Waals surface area contributed by atoms with Crippen LogP contribution in [0.15, 0.2) is 36.8 Å². The molecule has 2 atom stereocenters. The summed E-state index contributed by atoms with van der Waals surface area (Å²) < 4.78 is 0. The van der Waals surface area contributed by atoms with Crippen LogP contribution in [0.3, 0.4) is 0 Å². The molecule has 1 aliphatic heterocycles. The van der Waals surface area contributed by atoms with Gasteiger partial charge in [0.15, 0.2) is 0 Å². The molecule has 6 nitrogen and oxygen atoms in total. The minimum Gasteiger partial charge on any atom is -0.481 e. The summed E-state index contributed by atoms with van der Waals surface area (Å²) in [6.07, 6.45) is 5.19. The monoisotopic (exact) mass is 272 g/mol. The molecule has 20 heavy (non-hydrogen) atoms. The number of imidazole rings is 1. The van der Waals surface area contributed by atoms with Crippen LogP contribution in [0.25, 0.3) is 0 Å². The van der Waals surface area contributed by atoms with E-state index in [2.05, 4.69) is 19.9 Å². The number of aliphatic carboxylic acids is 1. The van der Waals surface area contributed by atoms with Gasteiger partial charge in [-0.05, 0) is 12.1 Å². The fourth-order valence-corrected chi connectivity index (χ4v) is 2.76. The number of likely N-dealkylation sites (tertiary alicyclic amines) is 1. The van der Waals surface area contributed by atoms with Gasteiger partial charge in [-0.2, -0.15) is 0 Å². The zero-order chi connectivity index (χ0) is 13.9. The van der Waals surface area contributed by atoms with Gasteiger partial charge in [0.1, 0.15) is 5.82 Å². The summed E-state index contributed by atoms with van der Waals surface area (Å²) >= 11 is 0. The van der Waals surface area contributed by atoms with E-state index >= 15 is 0 Å². The number of carbonyl (C=O) groups is 1. The summed E-state index contributed by atoms with van der Waals surface area (Å²) in [7, 11) is 0. The molecule has 0 radical (unpaired) electrons. The first-order valence-corrected chi connectivity index (χ1v) is 6.58. The molecule has 2 N–H and O–H groups in total. The number of carboxylic acid groups (broad SMARTS) is 1. The van der Waals surface area contributed by atoms with Gasteiger partial charge in [-0.15, -0.1) is 0 Å². The smallest absolute Gasteiger partial charge is 0.308 e. The molecule has 0 amide bonds. The molecule has 1 fully saturated rings. The molecular formula is C14H16N4O2. The van der Waals surface area contributed by atoms with Crippen LogP contribution in [0.2, 0.25) is 0 Å². The number of H-pyrrole nitrogens is 1. The Bertz CT molecular complexity index is 570. The van der Waals surface area contributed by atoms with Gasteiger partial charge in [0.2, 0.25) is 0 Å². The van der Waals surface area contributed by atoms with E-state index in [1.807, 2.05) is 18.2 Å². The third-order valence-corrected chi connectivity index (χ3v) is 3.71. The first-order valence-electron chi connectivity index (χ1n) is 6.58. The number of nitrogens with one attached hydrogen (secondary N) is 1. The lowest BCUT2D eigenvalue weighted by Crippen LogP contribution is -2.23. The van der Waals surface area contributed by atoms with E-state index in [0.29, 0.717) is 19.6 Å². The molecule has 0 spiro atoms. The van der Waals surface area contributed by atoms with Crippen molar-refractivity contribution in [2.24, 2.45) is 5.92 Å². The molecule has 1 saturated heterocycles. The number of aromatic nitrogens is 3. The highest BCUT2D eigenvalue weighted by atomic mass is 16.4. The van der Waals surface area contributed by atoms with Gasteiger partial charge in [-0.25, -0.2) is 4.98 Å². The minimum atomic E-state index is -0.761. The first-order chi connectivity index (χ1) is 9.74. The molecule has 0 bridgehead atoms. The normalized spacial score (nSPS) is 23.0. The number of carboxylic acids is 1. The average molecular weight is 272 g/mol. The molecule has 0 aliphatic carbocycles. The lowest BCUT2D eigenvalue weighted by molar-refractivity contribution is -0.141. The van der Waals surface area contributed by atoms with E-state index in [9.17, 15) is 9.90 Å². The second-order valence-corrected chi connectivity index (χ2v) is 5.04. The Morgan fingerprint density at radius 3 is 2.90 bits per heavy atom. The Kier molecular flexibility index (Phi) is 3.47. The molecule has 3 heterocycles. The second kappa shape index (κ2) is 5.42. The Morgan fingerprint density at radius 1 is 1.35 bits per heavy atom. The van der Waals surface area contributed by atoms with Crippen LogP contribution in [-0.2, 0) is 11.3 Å². The number of rotatable bonds is 4. The third kappa shape index (κ3) is 2.55. The predicted molar refractivity (Wildman–Crippen MR) is 72.0 cm³/mol. The van der Waals surface area contributed by atoms with E-state index in [4.69, 9.17) is 0 Å². The molecule has 1 aliphatic rings. The highest BCUT2D eigenvalue weighted by Crippen LogP contribution is 2.32. The number of nitrogens with zero attached hydrogens (tertiary/aromatic N) is 3. The zero-order valence-electron chi connectivity index (χ0n) is 10.9. The average Bonchev–Trinajstić information content (AvgIpc) is 3.10.